The van der Waals surface area contributed by atoms with Crippen molar-refractivity contribution in [2.75, 3.05) is 44.7 Å². The average Bonchev–Trinajstić information content (AvgIpc) is 2.52. The van der Waals surface area contributed by atoms with Gasteiger partial charge in [-0.3, -0.25) is 4.90 Å². The molecular formula is C16H23N3O2. The van der Waals surface area contributed by atoms with Crippen molar-refractivity contribution in [1.29, 1.82) is 0 Å². The molecule has 0 saturated carbocycles. The van der Waals surface area contributed by atoms with Gasteiger partial charge in [0.25, 0.3) is 0 Å². The number of hydrogen-bond acceptors (Lipinski definition) is 5. The molecule has 0 unspecified atom stereocenters. The third-order valence-corrected chi connectivity index (χ3v) is 3.39. The lowest BCUT2D eigenvalue weighted by Crippen LogP contribution is -2.31. The Labute approximate surface area is 125 Å². The highest BCUT2D eigenvalue weighted by Crippen LogP contribution is 2.14. The van der Waals surface area contributed by atoms with E-state index < -0.39 is 0 Å². The highest BCUT2D eigenvalue weighted by Gasteiger charge is 2.03. The molecule has 0 bridgehead atoms. The molecule has 1 aromatic heterocycles. The van der Waals surface area contributed by atoms with Crippen LogP contribution in [-0.4, -0.2) is 59.5 Å². The molecule has 21 heavy (non-hydrogen) atoms. The zero-order valence-electron chi connectivity index (χ0n) is 12.2. The van der Waals surface area contributed by atoms with Crippen LogP contribution < -0.4 is 5.32 Å². The largest absolute Gasteiger partial charge is 0.395 e. The molecule has 5 nitrogen and oxygen atoms in total. The van der Waals surface area contributed by atoms with Gasteiger partial charge in [0, 0.05) is 25.0 Å². The predicted molar refractivity (Wildman–Crippen MR) is 85.5 cm³/mol. The summed E-state index contributed by atoms with van der Waals surface area (Å²) in [5, 5.41) is 22.4. The first-order valence-electron chi connectivity index (χ1n) is 7.37. The number of benzene rings is 1. The number of pyridine rings is 1. The summed E-state index contributed by atoms with van der Waals surface area (Å²) in [4.78, 5) is 6.61. The Kier molecular flexibility index (Phi) is 6.40. The molecule has 0 atom stereocenters. The normalized spacial score (nSPS) is 11.2. The van der Waals surface area contributed by atoms with Gasteiger partial charge in [-0.2, -0.15) is 0 Å². The maximum atomic E-state index is 8.95. The lowest BCUT2D eigenvalue weighted by Gasteiger charge is -2.20. The van der Waals surface area contributed by atoms with Crippen LogP contribution in [0.2, 0.25) is 0 Å². The Morgan fingerprint density at radius 1 is 0.952 bits per heavy atom. The summed E-state index contributed by atoms with van der Waals surface area (Å²) in [6.45, 7) is 3.13. The fourth-order valence-electron chi connectivity index (χ4n) is 2.30. The molecule has 0 aliphatic heterocycles. The van der Waals surface area contributed by atoms with Gasteiger partial charge in [-0.25, -0.2) is 4.98 Å². The van der Waals surface area contributed by atoms with Crippen molar-refractivity contribution in [2.45, 2.75) is 6.42 Å². The van der Waals surface area contributed by atoms with Gasteiger partial charge in [0.2, 0.25) is 0 Å². The van der Waals surface area contributed by atoms with Gasteiger partial charge in [0.05, 0.1) is 18.7 Å². The lowest BCUT2D eigenvalue weighted by molar-refractivity contribution is 0.161. The number of para-hydroxylation sites is 1. The Bertz CT molecular complexity index is 542. The van der Waals surface area contributed by atoms with Crippen LogP contribution in [0, 0.1) is 0 Å². The maximum Gasteiger partial charge on any atom is 0.126 e. The first-order valence-corrected chi connectivity index (χ1v) is 7.37. The number of aliphatic hydroxyl groups is 2. The first kappa shape index (κ1) is 15.7. The minimum Gasteiger partial charge on any atom is -0.395 e. The second-order valence-electron chi connectivity index (χ2n) is 4.96. The van der Waals surface area contributed by atoms with Crippen LogP contribution in [0.5, 0.6) is 0 Å². The standard InChI is InChI=1S/C16H23N3O2/c20-12-10-19(11-13-21)9-3-8-17-16-7-6-14-4-1-2-5-15(14)18-16/h1-2,4-7,20-21H,3,8-13H2,(H,17,18). The zero-order valence-corrected chi connectivity index (χ0v) is 12.2. The molecule has 114 valence electrons. The van der Waals surface area contributed by atoms with E-state index in [1.807, 2.05) is 30.3 Å². The van der Waals surface area contributed by atoms with Crippen molar-refractivity contribution in [3.8, 4) is 0 Å². The molecule has 0 fully saturated rings. The minimum atomic E-state index is 0.125. The lowest BCUT2D eigenvalue weighted by atomic mass is 10.2. The quantitative estimate of drug-likeness (QED) is 0.608. The Morgan fingerprint density at radius 2 is 1.71 bits per heavy atom. The van der Waals surface area contributed by atoms with Crippen LogP contribution in [-0.2, 0) is 0 Å². The highest BCUT2D eigenvalue weighted by molar-refractivity contribution is 5.79. The molecule has 0 amide bonds. The summed E-state index contributed by atoms with van der Waals surface area (Å²) in [6.07, 6.45) is 0.939. The van der Waals surface area contributed by atoms with E-state index in [1.54, 1.807) is 0 Å². The van der Waals surface area contributed by atoms with Crippen LogP contribution in [0.25, 0.3) is 10.9 Å². The van der Waals surface area contributed by atoms with Crippen LogP contribution in [0.1, 0.15) is 6.42 Å². The molecule has 0 spiro atoms. The zero-order chi connectivity index (χ0) is 14.9. The summed E-state index contributed by atoms with van der Waals surface area (Å²) >= 11 is 0. The van der Waals surface area contributed by atoms with E-state index in [0.29, 0.717) is 13.1 Å². The number of nitrogens with one attached hydrogen (secondary N) is 1. The highest BCUT2D eigenvalue weighted by atomic mass is 16.3. The number of aliphatic hydroxyl groups excluding tert-OH is 2. The molecule has 0 saturated heterocycles. The smallest absolute Gasteiger partial charge is 0.126 e. The molecule has 3 N–H and O–H groups in total. The van der Waals surface area contributed by atoms with Gasteiger partial charge in [0.1, 0.15) is 5.82 Å². The van der Waals surface area contributed by atoms with Gasteiger partial charge >= 0.3 is 0 Å². The second kappa shape index (κ2) is 8.56. The molecule has 0 aliphatic carbocycles. The Hall–Kier alpha value is -1.69. The van der Waals surface area contributed by atoms with E-state index in [9.17, 15) is 0 Å². The molecule has 5 heteroatoms. The number of rotatable bonds is 9. The van der Waals surface area contributed by atoms with E-state index in [0.717, 1.165) is 36.2 Å². The molecule has 2 rings (SSSR count). The van der Waals surface area contributed by atoms with Crippen LogP contribution in [0.3, 0.4) is 0 Å². The third-order valence-electron chi connectivity index (χ3n) is 3.39. The second-order valence-corrected chi connectivity index (χ2v) is 4.96. The topological polar surface area (TPSA) is 68.6 Å². The number of aromatic nitrogens is 1. The number of anilines is 1. The fourth-order valence-corrected chi connectivity index (χ4v) is 2.30. The summed E-state index contributed by atoms with van der Waals surface area (Å²) in [6, 6.07) is 12.1. The summed E-state index contributed by atoms with van der Waals surface area (Å²) in [5.74, 6) is 0.879. The van der Waals surface area contributed by atoms with Crippen molar-refractivity contribution in [1.82, 2.24) is 9.88 Å². The van der Waals surface area contributed by atoms with Crippen molar-refractivity contribution < 1.29 is 10.2 Å². The van der Waals surface area contributed by atoms with Crippen molar-refractivity contribution in [3.05, 3.63) is 36.4 Å². The number of hydrogen-bond donors (Lipinski definition) is 3. The minimum absolute atomic E-state index is 0.125. The molecule has 0 aliphatic rings. The average molecular weight is 289 g/mol. The fraction of sp³-hybridized carbons (Fsp3) is 0.438. The molecule has 0 radical (unpaired) electrons. The molecular weight excluding hydrogens is 266 g/mol. The Balaban J connectivity index is 1.79. The number of nitrogens with zero attached hydrogens (tertiary/aromatic N) is 2. The third kappa shape index (κ3) is 4.97. The maximum absolute atomic E-state index is 8.95. The number of fused-ring (bicyclic) bond motifs is 1. The summed E-state index contributed by atoms with van der Waals surface area (Å²) < 4.78 is 0. The van der Waals surface area contributed by atoms with Crippen LogP contribution >= 0.6 is 0 Å². The predicted octanol–water partition coefficient (Wildman–Crippen LogP) is 1.32. The van der Waals surface area contributed by atoms with E-state index in [4.69, 9.17) is 10.2 Å². The van der Waals surface area contributed by atoms with Gasteiger partial charge in [-0.15, -0.1) is 0 Å². The monoisotopic (exact) mass is 289 g/mol. The van der Waals surface area contributed by atoms with Crippen LogP contribution in [0.4, 0.5) is 5.82 Å². The summed E-state index contributed by atoms with van der Waals surface area (Å²) in [5.41, 5.74) is 0.990. The molecule has 1 heterocycles. The van der Waals surface area contributed by atoms with E-state index in [1.165, 1.54) is 0 Å². The van der Waals surface area contributed by atoms with Gasteiger partial charge < -0.3 is 15.5 Å². The van der Waals surface area contributed by atoms with Crippen LogP contribution in [0.15, 0.2) is 36.4 Å². The van der Waals surface area contributed by atoms with Gasteiger partial charge in [-0.1, -0.05) is 18.2 Å². The first-order chi connectivity index (χ1) is 10.3. The van der Waals surface area contributed by atoms with Gasteiger partial charge in [-0.05, 0) is 31.2 Å². The summed E-state index contributed by atoms with van der Waals surface area (Å²) in [7, 11) is 0. The van der Waals surface area contributed by atoms with Crippen molar-refractivity contribution in [3.63, 3.8) is 0 Å². The Morgan fingerprint density at radius 3 is 2.48 bits per heavy atom. The SMILES string of the molecule is OCCN(CCO)CCCNc1ccc2ccccc2n1. The van der Waals surface area contributed by atoms with E-state index >= 15 is 0 Å². The molecule has 2 aromatic rings. The van der Waals surface area contributed by atoms with Crippen molar-refractivity contribution in [2.24, 2.45) is 0 Å². The molecule has 1 aromatic carbocycles. The van der Waals surface area contributed by atoms with Crippen molar-refractivity contribution >= 4 is 16.7 Å². The van der Waals surface area contributed by atoms with Gasteiger partial charge in [0.15, 0.2) is 0 Å². The van der Waals surface area contributed by atoms with E-state index in [2.05, 4.69) is 21.3 Å². The van der Waals surface area contributed by atoms with E-state index in [-0.39, 0.29) is 13.2 Å².